The second kappa shape index (κ2) is 9.01. The molecule has 0 spiro atoms. The summed E-state index contributed by atoms with van der Waals surface area (Å²) in [4.78, 5) is 12.6. The normalized spacial score (nSPS) is 18.0. The van der Waals surface area contributed by atoms with Crippen molar-refractivity contribution in [2.75, 3.05) is 18.4 Å². The van der Waals surface area contributed by atoms with Gasteiger partial charge in [-0.25, -0.2) is 12.7 Å². The fraction of sp³-hybridized carbons (Fsp3) is 0.316. The Balaban J connectivity index is 1.68. The molecular weight excluding hydrogens is 443 g/mol. The lowest BCUT2D eigenvalue weighted by atomic mass is 9.99. The lowest BCUT2D eigenvalue weighted by molar-refractivity contribution is -0.120. The van der Waals surface area contributed by atoms with Crippen LogP contribution in [0, 0.1) is 5.92 Å². The van der Waals surface area contributed by atoms with Crippen molar-refractivity contribution in [2.45, 2.75) is 18.6 Å². The van der Waals surface area contributed by atoms with Crippen LogP contribution in [-0.2, 0) is 20.6 Å². The number of rotatable bonds is 5. The third-order valence-corrected chi connectivity index (χ3v) is 7.21. The standard InChI is InChI=1S/C19H19Cl3N2O3S/c20-15-4-1-5-17(9-15)23-19(25)13-3-2-8-24(11-13)28(26,27)12-14-6-7-16(21)10-18(14)22/h1,4-7,9-10,13H,2-3,8,11-12H2,(H,23,25). The largest absolute Gasteiger partial charge is 0.326 e. The smallest absolute Gasteiger partial charge is 0.228 e. The van der Waals surface area contributed by atoms with Gasteiger partial charge < -0.3 is 5.32 Å². The van der Waals surface area contributed by atoms with Crippen molar-refractivity contribution < 1.29 is 13.2 Å². The van der Waals surface area contributed by atoms with Gasteiger partial charge >= 0.3 is 0 Å². The van der Waals surface area contributed by atoms with Crippen LogP contribution in [0.4, 0.5) is 5.69 Å². The molecule has 2 aromatic rings. The van der Waals surface area contributed by atoms with Gasteiger partial charge in [0.2, 0.25) is 15.9 Å². The number of nitrogens with one attached hydrogen (secondary N) is 1. The minimum absolute atomic E-state index is 0.139. The number of piperidine rings is 1. The fourth-order valence-corrected chi connectivity index (χ4v) is 5.53. The lowest BCUT2D eigenvalue weighted by Gasteiger charge is -2.31. The minimum atomic E-state index is -3.61. The van der Waals surface area contributed by atoms with Crippen LogP contribution in [0.25, 0.3) is 0 Å². The molecule has 1 aliphatic rings. The first kappa shape index (κ1) is 21.4. The van der Waals surface area contributed by atoms with Crippen molar-refractivity contribution in [2.24, 2.45) is 5.92 Å². The molecule has 150 valence electrons. The Hall–Kier alpha value is -1.31. The van der Waals surface area contributed by atoms with E-state index < -0.39 is 15.9 Å². The first-order valence-electron chi connectivity index (χ1n) is 8.73. The molecule has 3 rings (SSSR count). The molecule has 1 amide bonds. The average molecular weight is 462 g/mol. The van der Waals surface area contributed by atoms with Gasteiger partial charge in [0.1, 0.15) is 0 Å². The Bertz CT molecular complexity index is 982. The van der Waals surface area contributed by atoms with E-state index in [0.29, 0.717) is 45.7 Å². The Labute approximate surface area is 179 Å². The maximum Gasteiger partial charge on any atom is 0.228 e. The van der Waals surface area contributed by atoms with E-state index in [1.807, 2.05) is 0 Å². The summed E-state index contributed by atoms with van der Waals surface area (Å²) in [7, 11) is -3.61. The summed E-state index contributed by atoms with van der Waals surface area (Å²) >= 11 is 17.9. The van der Waals surface area contributed by atoms with Gasteiger partial charge in [0.15, 0.2) is 0 Å². The number of carbonyl (C=O) groups excluding carboxylic acids is 1. The molecule has 0 aliphatic carbocycles. The summed E-state index contributed by atoms with van der Waals surface area (Å²) in [5.41, 5.74) is 1.07. The third kappa shape index (κ3) is 5.39. The van der Waals surface area contributed by atoms with E-state index in [9.17, 15) is 13.2 Å². The molecule has 1 atom stereocenters. The number of carbonyl (C=O) groups is 1. The van der Waals surface area contributed by atoms with E-state index in [1.165, 1.54) is 10.4 Å². The highest BCUT2D eigenvalue weighted by atomic mass is 35.5. The molecule has 28 heavy (non-hydrogen) atoms. The van der Waals surface area contributed by atoms with Crippen LogP contribution in [0.5, 0.6) is 0 Å². The highest BCUT2D eigenvalue weighted by molar-refractivity contribution is 7.88. The van der Waals surface area contributed by atoms with E-state index in [2.05, 4.69) is 5.32 Å². The number of hydrogen-bond acceptors (Lipinski definition) is 3. The van der Waals surface area contributed by atoms with Crippen LogP contribution in [0.3, 0.4) is 0 Å². The molecule has 1 aliphatic heterocycles. The van der Waals surface area contributed by atoms with Gasteiger partial charge in [-0.2, -0.15) is 0 Å². The molecule has 1 N–H and O–H groups in total. The van der Waals surface area contributed by atoms with Gasteiger partial charge in [0.25, 0.3) is 0 Å². The maximum atomic E-state index is 12.8. The molecule has 5 nitrogen and oxygen atoms in total. The molecule has 2 aromatic carbocycles. The first-order chi connectivity index (χ1) is 13.2. The second-order valence-corrected chi connectivity index (χ2v) is 9.94. The second-order valence-electron chi connectivity index (χ2n) is 6.69. The van der Waals surface area contributed by atoms with Gasteiger partial charge in [0, 0.05) is 33.8 Å². The summed E-state index contributed by atoms with van der Waals surface area (Å²) in [5.74, 6) is -0.874. The van der Waals surface area contributed by atoms with E-state index >= 15 is 0 Å². The third-order valence-electron chi connectivity index (χ3n) is 4.59. The van der Waals surface area contributed by atoms with Gasteiger partial charge in [-0.15, -0.1) is 0 Å². The van der Waals surface area contributed by atoms with E-state index in [4.69, 9.17) is 34.8 Å². The predicted molar refractivity (Wildman–Crippen MR) is 113 cm³/mol. The average Bonchev–Trinajstić information content (AvgIpc) is 2.64. The molecular formula is C19H19Cl3N2O3S. The number of anilines is 1. The van der Waals surface area contributed by atoms with Crippen LogP contribution >= 0.6 is 34.8 Å². The number of benzene rings is 2. The van der Waals surface area contributed by atoms with Crippen LogP contribution in [-0.4, -0.2) is 31.7 Å². The molecule has 0 saturated carbocycles. The minimum Gasteiger partial charge on any atom is -0.326 e. The maximum absolute atomic E-state index is 12.8. The van der Waals surface area contributed by atoms with E-state index in [1.54, 1.807) is 36.4 Å². The van der Waals surface area contributed by atoms with Crippen molar-refractivity contribution in [1.29, 1.82) is 0 Å². The van der Waals surface area contributed by atoms with Crippen molar-refractivity contribution >= 4 is 56.4 Å². The van der Waals surface area contributed by atoms with Crippen LogP contribution in [0.2, 0.25) is 15.1 Å². The molecule has 9 heteroatoms. The molecule has 1 heterocycles. The quantitative estimate of drug-likeness (QED) is 0.693. The molecule has 0 bridgehead atoms. The summed E-state index contributed by atoms with van der Waals surface area (Å²) in [6.07, 6.45) is 1.24. The summed E-state index contributed by atoms with van der Waals surface area (Å²) in [5, 5.41) is 4.08. The van der Waals surface area contributed by atoms with Crippen LogP contribution in [0.15, 0.2) is 42.5 Å². The van der Waals surface area contributed by atoms with Gasteiger partial charge in [0.05, 0.1) is 11.7 Å². The highest BCUT2D eigenvalue weighted by Gasteiger charge is 2.32. The lowest BCUT2D eigenvalue weighted by Crippen LogP contribution is -2.44. The first-order valence-corrected chi connectivity index (χ1v) is 11.5. The molecule has 1 unspecified atom stereocenters. The monoisotopic (exact) mass is 460 g/mol. The molecule has 0 aromatic heterocycles. The number of nitrogens with zero attached hydrogens (tertiary/aromatic N) is 1. The summed E-state index contributed by atoms with van der Waals surface area (Å²) in [6.45, 7) is 0.522. The topological polar surface area (TPSA) is 66.5 Å². The van der Waals surface area contributed by atoms with Gasteiger partial charge in [-0.3, -0.25) is 4.79 Å². The SMILES string of the molecule is O=C(Nc1cccc(Cl)c1)C1CCCN(S(=O)(=O)Cc2ccc(Cl)cc2Cl)C1. The van der Waals surface area contributed by atoms with Crippen molar-refractivity contribution in [1.82, 2.24) is 4.31 Å². The van der Waals surface area contributed by atoms with E-state index in [0.717, 1.165) is 0 Å². The fourth-order valence-electron chi connectivity index (χ4n) is 3.15. The predicted octanol–water partition coefficient (Wildman–Crippen LogP) is 4.83. The van der Waals surface area contributed by atoms with Crippen LogP contribution in [0.1, 0.15) is 18.4 Å². The van der Waals surface area contributed by atoms with Gasteiger partial charge in [-0.1, -0.05) is 46.9 Å². The highest BCUT2D eigenvalue weighted by Crippen LogP contribution is 2.27. The number of hydrogen-bond donors (Lipinski definition) is 1. The van der Waals surface area contributed by atoms with Crippen molar-refractivity contribution in [3.63, 3.8) is 0 Å². The number of amides is 1. The van der Waals surface area contributed by atoms with Gasteiger partial charge in [-0.05, 0) is 48.7 Å². The Morgan fingerprint density at radius 2 is 1.86 bits per heavy atom. The molecule has 1 saturated heterocycles. The number of sulfonamides is 1. The zero-order valence-corrected chi connectivity index (χ0v) is 18.0. The van der Waals surface area contributed by atoms with Crippen molar-refractivity contribution in [3.05, 3.63) is 63.1 Å². The number of halogens is 3. The Morgan fingerprint density at radius 3 is 2.57 bits per heavy atom. The Morgan fingerprint density at radius 1 is 1.11 bits per heavy atom. The zero-order chi connectivity index (χ0) is 20.3. The summed E-state index contributed by atoms with van der Waals surface area (Å²) in [6, 6.07) is 11.6. The van der Waals surface area contributed by atoms with Crippen molar-refractivity contribution in [3.8, 4) is 0 Å². The Kier molecular flexibility index (Phi) is 6.89. The zero-order valence-electron chi connectivity index (χ0n) is 14.9. The summed E-state index contributed by atoms with van der Waals surface area (Å²) < 4.78 is 27.1. The molecule has 1 fully saturated rings. The molecule has 0 radical (unpaired) electrons. The van der Waals surface area contributed by atoms with E-state index in [-0.39, 0.29) is 18.2 Å². The van der Waals surface area contributed by atoms with Crippen LogP contribution < -0.4 is 5.32 Å².